The molecule has 0 amide bonds. The third-order valence-corrected chi connectivity index (χ3v) is 3.52. The summed E-state index contributed by atoms with van der Waals surface area (Å²) in [6.45, 7) is 0.573. The summed E-state index contributed by atoms with van der Waals surface area (Å²) in [5.41, 5.74) is 0.527. The number of fused-ring (bicyclic) bond motifs is 1. The maximum Gasteiger partial charge on any atom is 0.123 e. The largest absolute Gasteiger partial charge is 0.383 e. The van der Waals surface area contributed by atoms with Crippen molar-refractivity contribution in [2.75, 3.05) is 6.67 Å². The Labute approximate surface area is 120 Å². The van der Waals surface area contributed by atoms with Crippen LogP contribution in [0.1, 0.15) is 12.5 Å². The zero-order valence-electron chi connectivity index (χ0n) is 11.4. The maximum atomic E-state index is 13.0. The Kier molecular flexibility index (Phi) is 3.22. The molecule has 1 heterocycles. The molecule has 3 nitrogen and oxygen atoms in total. The fourth-order valence-electron chi connectivity index (χ4n) is 2.23. The second kappa shape index (κ2) is 4.93. The predicted molar refractivity (Wildman–Crippen MR) is 76.6 cm³/mol. The van der Waals surface area contributed by atoms with Crippen molar-refractivity contribution in [3.63, 3.8) is 0 Å². The lowest BCUT2D eigenvalue weighted by Gasteiger charge is -2.19. The van der Waals surface area contributed by atoms with Crippen molar-refractivity contribution in [3.8, 4) is 5.69 Å². The van der Waals surface area contributed by atoms with E-state index in [2.05, 4.69) is 5.10 Å². The van der Waals surface area contributed by atoms with E-state index in [-0.39, 0.29) is 5.82 Å². The van der Waals surface area contributed by atoms with Gasteiger partial charge in [0.1, 0.15) is 18.1 Å². The van der Waals surface area contributed by atoms with Crippen LogP contribution < -0.4 is 0 Å². The monoisotopic (exact) mass is 288 g/mol. The number of hydrogen-bond donors (Lipinski definition) is 1. The number of halogens is 2. The highest BCUT2D eigenvalue weighted by Crippen LogP contribution is 2.26. The molecule has 5 heteroatoms. The molecule has 0 bridgehead atoms. The fraction of sp³-hybridized carbons (Fsp3) is 0.188. The van der Waals surface area contributed by atoms with Gasteiger partial charge in [-0.2, -0.15) is 5.10 Å². The van der Waals surface area contributed by atoms with E-state index in [1.54, 1.807) is 41.2 Å². The van der Waals surface area contributed by atoms with Gasteiger partial charge in [-0.05, 0) is 48.9 Å². The summed E-state index contributed by atoms with van der Waals surface area (Å²) < 4.78 is 27.5. The summed E-state index contributed by atoms with van der Waals surface area (Å²) in [4.78, 5) is 0. The van der Waals surface area contributed by atoms with Crippen LogP contribution in [0.15, 0.2) is 48.7 Å². The molecule has 0 aliphatic rings. The topological polar surface area (TPSA) is 38.1 Å². The molecule has 0 spiro atoms. The number of aromatic nitrogens is 2. The van der Waals surface area contributed by atoms with Crippen LogP contribution >= 0.6 is 0 Å². The van der Waals surface area contributed by atoms with E-state index in [4.69, 9.17) is 0 Å². The van der Waals surface area contributed by atoms with Crippen molar-refractivity contribution < 1.29 is 13.9 Å². The summed E-state index contributed by atoms with van der Waals surface area (Å²) in [6, 6.07) is 11.1. The van der Waals surface area contributed by atoms with Gasteiger partial charge in [0, 0.05) is 5.39 Å². The van der Waals surface area contributed by atoms with Crippen LogP contribution in [0.4, 0.5) is 8.78 Å². The average molecular weight is 288 g/mol. The van der Waals surface area contributed by atoms with Gasteiger partial charge in [0.2, 0.25) is 0 Å². The van der Waals surface area contributed by atoms with E-state index in [1.807, 2.05) is 0 Å². The molecule has 21 heavy (non-hydrogen) atoms. The second-order valence-corrected chi connectivity index (χ2v) is 5.21. The summed E-state index contributed by atoms with van der Waals surface area (Å²) >= 11 is 0. The van der Waals surface area contributed by atoms with E-state index >= 15 is 0 Å². The molecule has 0 aliphatic heterocycles. The summed E-state index contributed by atoms with van der Waals surface area (Å²) in [5.74, 6) is -0.309. The molecule has 3 rings (SSSR count). The Bertz CT molecular complexity index is 779. The third kappa shape index (κ3) is 2.40. The number of alkyl halides is 1. The van der Waals surface area contributed by atoms with E-state index in [0.29, 0.717) is 5.56 Å². The van der Waals surface area contributed by atoms with Crippen molar-refractivity contribution in [1.29, 1.82) is 0 Å². The molecular formula is C16H14F2N2O. The molecule has 1 N–H and O–H groups in total. The predicted octanol–water partition coefficient (Wildman–Crippen LogP) is 3.34. The molecular weight excluding hydrogens is 274 g/mol. The van der Waals surface area contributed by atoms with Crippen LogP contribution in [0.3, 0.4) is 0 Å². The highest BCUT2D eigenvalue weighted by atomic mass is 19.1. The number of nitrogens with zero attached hydrogens (tertiary/aromatic N) is 2. The van der Waals surface area contributed by atoms with Crippen molar-refractivity contribution in [2.24, 2.45) is 0 Å². The lowest BCUT2D eigenvalue weighted by atomic mass is 9.96. The van der Waals surface area contributed by atoms with E-state index in [0.717, 1.165) is 16.6 Å². The van der Waals surface area contributed by atoms with Gasteiger partial charge in [-0.15, -0.1) is 0 Å². The molecule has 1 unspecified atom stereocenters. The first kappa shape index (κ1) is 13.7. The minimum Gasteiger partial charge on any atom is -0.383 e. The van der Waals surface area contributed by atoms with Crippen LogP contribution in [-0.4, -0.2) is 21.6 Å². The summed E-state index contributed by atoms with van der Waals surface area (Å²) in [6.07, 6.45) is 1.64. The van der Waals surface area contributed by atoms with E-state index < -0.39 is 12.3 Å². The lowest BCUT2D eigenvalue weighted by Crippen LogP contribution is -2.23. The minimum absolute atomic E-state index is 0.309. The van der Waals surface area contributed by atoms with Gasteiger partial charge in [0.25, 0.3) is 0 Å². The highest BCUT2D eigenvalue weighted by Gasteiger charge is 2.23. The summed E-state index contributed by atoms with van der Waals surface area (Å²) in [5, 5.41) is 15.0. The zero-order chi connectivity index (χ0) is 15.0. The van der Waals surface area contributed by atoms with Crippen LogP contribution in [0.5, 0.6) is 0 Å². The van der Waals surface area contributed by atoms with E-state index in [9.17, 15) is 13.9 Å². The smallest absolute Gasteiger partial charge is 0.123 e. The molecule has 0 aliphatic carbocycles. The van der Waals surface area contributed by atoms with Crippen LogP contribution in [0, 0.1) is 5.82 Å². The van der Waals surface area contributed by atoms with Crippen molar-refractivity contribution in [3.05, 3.63) is 60.0 Å². The molecule has 3 aromatic rings. The summed E-state index contributed by atoms with van der Waals surface area (Å²) in [7, 11) is 0. The molecule has 1 atom stereocenters. The first-order valence-electron chi connectivity index (χ1n) is 6.54. The fourth-order valence-corrected chi connectivity index (χ4v) is 2.23. The minimum atomic E-state index is -1.51. The SMILES string of the molecule is CC(O)(CF)c1ccc2c(cnn2-c2ccc(F)cc2)c1. The Morgan fingerprint density at radius 1 is 1.19 bits per heavy atom. The highest BCUT2D eigenvalue weighted by molar-refractivity contribution is 5.81. The molecule has 0 radical (unpaired) electrons. The number of rotatable bonds is 3. The molecule has 0 saturated carbocycles. The third-order valence-electron chi connectivity index (χ3n) is 3.52. The average Bonchev–Trinajstić information content (AvgIpc) is 2.91. The van der Waals surface area contributed by atoms with Gasteiger partial charge in [-0.1, -0.05) is 6.07 Å². The number of hydrogen-bond acceptors (Lipinski definition) is 2. The number of aliphatic hydroxyl groups is 1. The van der Waals surface area contributed by atoms with Gasteiger partial charge >= 0.3 is 0 Å². The van der Waals surface area contributed by atoms with Crippen LogP contribution in [-0.2, 0) is 5.60 Å². The first-order chi connectivity index (χ1) is 10.0. The quantitative estimate of drug-likeness (QED) is 0.802. The van der Waals surface area contributed by atoms with E-state index in [1.165, 1.54) is 19.1 Å². The van der Waals surface area contributed by atoms with Crippen molar-refractivity contribution in [2.45, 2.75) is 12.5 Å². The second-order valence-electron chi connectivity index (χ2n) is 5.21. The van der Waals surface area contributed by atoms with Crippen LogP contribution in [0.2, 0.25) is 0 Å². The number of benzene rings is 2. The maximum absolute atomic E-state index is 13.0. The zero-order valence-corrected chi connectivity index (χ0v) is 11.4. The molecule has 1 aromatic heterocycles. The standard InChI is InChI=1S/C16H14F2N2O/c1-16(21,10-17)12-2-7-15-11(8-12)9-19-20(15)14-5-3-13(18)4-6-14/h2-9,21H,10H2,1H3. The van der Waals surface area contributed by atoms with Crippen molar-refractivity contribution >= 4 is 10.9 Å². The molecule has 0 saturated heterocycles. The van der Waals surface area contributed by atoms with Gasteiger partial charge in [0.15, 0.2) is 0 Å². The Hall–Kier alpha value is -2.27. The first-order valence-corrected chi connectivity index (χ1v) is 6.54. The molecule has 2 aromatic carbocycles. The Balaban J connectivity index is 2.10. The van der Waals surface area contributed by atoms with Gasteiger partial charge in [-0.3, -0.25) is 0 Å². The molecule has 108 valence electrons. The Morgan fingerprint density at radius 2 is 1.90 bits per heavy atom. The van der Waals surface area contributed by atoms with Crippen molar-refractivity contribution in [1.82, 2.24) is 9.78 Å². The van der Waals surface area contributed by atoms with Crippen LogP contribution in [0.25, 0.3) is 16.6 Å². The lowest BCUT2D eigenvalue weighted by molar-refractivity contribution is 0.0301. The van der Waals surface area contributed by atoms with Gasteiger partial charge in [0.05, 0.1) is 17.4 Å². The van der Waals surface area contributed by atoms with Gasteiger partial charge < -0.3 is 5.11 Å². The Morgan fingerprint density at radius 3 is 2.57 bits per heavy atom. The molecule has 0 fully saturated rings. The van der Waals surface area contributed by atoms with Gasteiger partial charge in [-0.25, -0.2) is 13.5 Å². The normalized spacial score (nSPS) is 14.3.